The van der Waals surface area contributed by atoms with Crippen LogP contribution in [0.25, 0.3) is 0 Å². The lowest BCUT2D eigenvalue weighted by Gasteiger charge is -2.52. The van der Waals surface area contributed by atoms with Gasteiger partial charge in [-0.15, -0.1) is 11.3 Å². The van der Waals surface area contributed by atoms with Gasteiger partial charge in [-0.2, -0.15) is 13.2 Å². The van der Waals surface area contributed by atoms with Gasteiger partial charge in [-0.3, -0.25) is 28.9 Å². The minimum Gasteiger partial charge on any atom is -0.507 e. The van der Waals surface area contributed by atoms with Gasteiger partial charge in [0.1, 0.15) is 5.75 Å². The van der Waals surface area contributed by atoms with Crippen molar-refractivity contribution in [2.45, 2.75) is 37.2 Å². The minimum absolute atomic E-state index is 0.0715. The SMILES string of the molecule is CN(C)c1cc(CNc2nc(C(F)(F)F)cs2)c(O)c2c1C[C@H]1C[C@H]3C(N(C)C)C(=O)C(C(N)=O)C(=O)[C@@]3(O)C(=O)C1C2=O. The zero-order valence-corrected chi connectivity index (χ0v) is 24.9. The summed E-state index contributed by atoms with van der Waals surface area (Å²) >= 11 is 0.705. The third-order valence-corrected chi connectivity index (χ3v) is 9.62. The van der Waals surface area contributed by atoms with Gasteiger partial charge in [0.05, 0.1) is 17.5 Å². The summed E-state index contributed by atoms with van der Waals surface area (Å²) < 4.78 is 39.0. The molecule has 3 aliphatic carbocycles. The molecule has 0 radical (unpaired) electrons. The van der Waals surface area contributed by atoms with Gasteiger partial charge in [0.15, 0.2) is 45.5 Å². The predicted octanol–water partition coefficient (Wildman–Crippen LogP) is 1.02. The lowest BCUT2D eigenvalue weighted by atomic mass is 9.52. The summed E-state index contributed by atoms with van der Waals surface area (Å²) in [5.41, 5.74) is 2.22. The Labute approximate surface area is 253 Å². The van der Waals surface area contributed by atoms with Gasteiger partial charge >= 0.3 is 6.18 Å². The topological polar surface area (TPSA) is 183 Å². The van der Waals surface area contributed by atoms with E-state index in [0.29, 0.717) is 22.6 Å². The maximum Gasteiger partial charge on any atom is 0.434 e. The van der Waals surface area contributed by atoms with E-state index in [9.17, 15) is 47.4 Å². The number of aromatic hydroxyl groups is 1. The smallest absolute Gasteiger partial charge is 0.434 e. The highest BCUT2D eigenvalue weighted by molar-refractivity contribution is 7.13. The number of amides is 1. The molecule has 0 saturated heterocycles. The van der Waals surface area contributed by atoms with E-state index in [1.165, 1.54) is 19.0 Å². The van der Waals surface area contributed by atoms with Crippen LogP contribution in [0.3, 0.4) is 0 Å². The molecule has 12 nitrogen and oxygen atoms in total. The van der Waals surface area contributed by atoms with Crippen LogP contribution >= 0.6 is 11.3 Å². The van der Waals surface area contributed by atoms with Gasteiger partial charge in [-0.25, -0.2) is 4.98 Å². The van der Waals surface area contributed by atoms with E-state index in [4.69, 9.17) is 5.73 Å². The highest BCUT2D eigenvalue weighted by Crippen LogP contribution is 2.52. The van der Waals surface area contributed by atoms with E-state index >= 15 is 0 Å². The molecule has 1 amide bonds. The largest absolute Gasteiger partial charge is 0.507 e. The molecule has 1 aromatic heterocycles. The van der Waals surface area contributed by atoms with Gasteiger partial charge in [0.25, 0.3) is 0 Å². The Morgan fingerprint density at radius 1 is 1.18 bits per heavy atom. The normalized spacial score (nSPS) is 28.4. The van der Waals surface area contributed by atoms with E-state index < -0.39 is 82.0 Å². The Balaban J connectivity index is 1.56. The molecule has 2 fully saturated rings. The van der Waals surface area contributed by atoms with Crippen LogP contribution in [0.15, 0.2) is 11.4 Å². The molecule has 1 heterocycles. The molecule has 236 valence electrons. The number of thiazole rings is 1. The third-order valence-electron chi connectivity index (χ3n) is 8.82. The number of Topliss-reactive ketones (excluding diaryl/α,β-unsaturated/α-hetero) is 4. The van der Waals surface area contributed by atoms with E-state index in [-0.39, 0.29) is 35.6 Å². The second kappa shape index (κ2) is 10.6. The molecule has 0 aliphatic heterocycles. The number of hydrogen-bond acceptors (Lipinski definition) is 12. The molecule has 2 saturated carbocycles. The van der Waals surface area contributed by atoms with Crippen LogP contribution in [0.1, 0.15) is 33.6 Å². The molecule has 3 unspecified atom stereocenters. The van der Waals surface area contributed by atoms with Gasteiger partial charge < -0.3 is 26.2 Å². The minimum atomic E-state index is -4.64. The number of rotatable bonds is 6. The molecular weight excluding hydrogens is 607 g/mol. The van der Waals surface area contributed by atoms with Crippen LogP contribution in [0.5, 0.6) is 5.75 Å². The van der Waals surface area contributed by atoms with Crippen molar-refractivity contribution in [3.8, 4) is 5.75 Å². The maximum atomic E-state index is 14.1. The van der Waals surface area contributed by atoms with Gasteiger partial charge in [0, 0.05) is 43.2 Å². The first-order chi connectivity index (χ1) is 20.4. The molecule has 1 aromatic carbocycles. The molecule has 5 rings (SSSR count). The third kappa shape index (κ3) is 4.66. The number of phenols is 1. The summed E-state index contributed by atoms with van der Waals surface area (Å²) in [5.74, 6) is -11.7. The Bertz CT molecular complexity index is 1610. The van der Waals surface area contributed by atoms with Crippen LogP contribution in [0.4, 0.5) is 24.0 Å². The number of hydrogen-bond donors (Lipinski definition) is 4. The van der Waals surface area contributed by atoms with Gasteiger partial charge in [-0.05, 0) is 44.5 Å². The number of alkyl halides is 3. The average Bonchev–Trinajstić information content (AvgIpc) is 3.39. The molecule has 44 heavy (non-hydrogen) atoms. The van der Waals surface area contributed by atoms with E-state index in [1.54, 1.807) is 25.1 Å². The Kier molecular flexibility index (Phi) is 7.62. The summed E-state index contributed by atoms with van der Waals surface area (Å²) in [6.45, 7) is -0.225. The lowest BCUT2D eigenvalue weighted by molar-refractivity contribution is -0.181. The highest BCUT2D eigenvalue weighted by Gasteiger charge is 2.69. The standard InChI is InChI=1S/C28H30F3N5O7S/c1-35(2)14-7-11(8-33-26-34-15(9-44-26)28(29,30)31)20(37)17-12(14)5-10-6-13-19(36(3)4)22(39)18(25(32)42)24(41)27(13,43)23(40)16(10)21(17)38/h7,9-10,13,16,18-19,37,43H,5-6,8H2,1-4H3,(H2,32,42)(H,33,34)/t10-,13-,16?,18?,19?,27-/m0/s1. The molecule has 5 N–H and O–H groups in total. The van der Waals surface area contributed by atoms with Crippen molar-refractivity contribution in [3.63, 3.8) is 0 Å². The number of phenolic OH excluding ortho intramolecular Hbond substituents is 1. The van der Waals surface area contributed by atoms with E-state index in [1.807, 2.05) is 0 Å². The van der Waals surface area contributed by atoms with E-state index in [0.717, 1.165) is 5.38 Å². The summed E-state index contributed by atoms with van der Waals surface area (Å²) in [5, 5.41) is 26.5. The first-order valence-electron chi connectivity index (χ1n) is 13.6. The van der Waals surface area contributed by atoms with Crippen LogP contribution < -0.4 is 16.0 Å². The van der Waals surface area contributed by atoms with Gasteiger partial charge in [0.2, 0.25) is 5.91 Å². The number of anilines is 2. The predicted molar refractivity (Wildman–Crippen MR) is 150 cm³/mol. The Morgan fingerprint density at radius 3 is 2.39 bits per heavy atom. The van der Waals surface area contributed by atoms with Crippen molar-refractivity contribution in [2.24, 2.45) is 29.4 Å². The van der Waals surface area contributed by atoms with Crippen molar-refractivity contribution in [1.82, 2.24) is 9.88 Å². The zero-order valence-electron chi connectivity index (χ0n) is 24.1. The zero-order chi connectivity index (χ0) is 32.6. The summed E-state index contributed by atoms with van der Waals surface area (Å²) in [7, 11) is 6.38. The molecule has 6 atom stereocenters. The monoisotopic (exact) mass is 637 g/mol. The quantitative estimate of drug-likeness (QED) is 0.332. The highest BCUT2D eigenvalue weighted by atomic mass is 32.1. The number of carbonyl (C=O) groups excluding carboxylic acids is 5. The first-order valence-corrected chi connectivity index (χ1v) is 14.4. The first kappa shape index (κ1) is 31.5. The van der Waals surface area contributed by atoms with Crippen molar-refractivity contribution in [1.29, 1.82) is 0 Å². The van der Waals surface area contributed by atoms with Crippen LogP contribution in [0.2, 0.25) is 0 Å². The lowest BCUT2D eigenvalue weighted by Crippen LogP contribution is -2.74. The second-order valence-electron chi connectivity index (χ2n) is 11.8. The molecular formula is C28H30F3N5O7S. The number of ketones is 4. The molecule has 0 spiro atoms. The van der Waals surface area contributed by atoms with E-state index in [2.05, 4.69) is 10.3 Å². The van der Waals surface area contributed by atoms with Crippen molar-refractivity contribution in [2.75, 3.05) is 38.4 Å². The summed E-state index contributed by atoms with van der Waals surface area (Å²) in [6.07, 6.45) is -4.66. The molecule has 16 heteroatoms. The number of carbonyl (C=O) groups is 5. The number of nitrogens with zero attached hydrogens (tertiary/aromatic N) is 3. The van der Waals surface area contributed by atoms with Crippen LogP contribution in [0, 0.1) is 23.7 Å². The molecule has 2 aromatic rings. The molecule has 3 aliphatic rings. The number of nitrogens with one attached hydrogen (secondary N) is 1. The van der Waals surface area contributed by atoms with Crippen molar-refractivity contribution >= 4 is 51.2 Å². The maximum absolute atomic E-state index is 14.1. The fourth-order valence-corrected chi connectivity index (χ4v) is 7.61. The number of aliphatic hydroxyl groups is 1. The van der Waals surface area contributed by atoms with Crippen LogP contribution in [-0.4, -0.2) is 89.0 Å². The number of benzene rings is 1. The Hall–Kier alpha value is -3.89. The average molecular weight is 638 g/mol. The number of halogens is 3. The summed E-state index contributed by atoms with van der Waals surface area (Å²) in [4.78, 5) is 73.5. The second-order valence-corrected chi connectivity index (χ2v) is 12.7. The molecule has 0 bridgehead atoms. The number of fused-ring (bicyclic) bond motifs is 3. The number of aromatic nitrogens is 1. The fraction of sp³-hybridized carbons (Fsp3) is 0.500. The number of nitrogens with two attached hydrogens (primary N) is 1. The van der Waals surface area contributed by atoms with Crippen molar-refractivity contribution < 1.29 is 47.4 Å². The summed E-state index contributed by atoms with van der Waals surface area (Å²) in [6, 6.07) is 0.359. The number of primary amides is 1. The van der Waals surface area contributed by atoms with Crippen molar-refractivity contribution in [3.05, 3.63) is 33.8 Å². The van der Waals surface area contributed by atoms with Crippen LogP contribution in [-0.2, 0) is 38.3 Å². The van der Waals surface area contributed by atoms with Gasteiger partial charge in [-0.1, -0.05) is 0 Å². The Morgan fingerprint density at radius 2 is 1.84 bits per heavy atom. The fourth-order valence-electron chi connectivity index (χ4n) is 6.90. The number of likely N-dealkylation sites (N-methyl/N-ethyl adjacent to an activating group) is 1.